The number of fused-ring (bicyclic) bond motifs is 3. The number of aryl methyl sites for hydroxylation is 1. The molecule has 2 aromatic carbocycles. The van der Waals surface area contributed by atoms with Crippen molar-refractivity contribution in [2.75, 3.05) is 45.8 Å². The van der Waals surface area contributed by atoms with Crippen molar-refractivity contribution < 1.29 is 36.2 Å². The highest BCUT2D eigenvalue weighted by atomic mass is 32.2. The molecule has 11 nitrogen and oxygen atoms in total. The minimum absolute atomic E-state index is 0.121. The summed E-state index contributed by atoms with van der Waals surface area (Å²) in [5, 5.41) is 1.60. The van der Waals surface area contributed by atoms with Crippen molar-refractivity contribution in [2.45, 2.75) is 88.8 Å². The molecule has 6 rings (SSSR count). The van der Waals surface area contributed by atoms with Crippen LogP contribution in [0.15, 0.2) is 53.6 Å². The number of benzene rings is 2. The smallest absolute Gasteiger partial charge is 0.357 e. The maximum atomic E-state index is 13.5. The molecule has 50 heavy (non-hydrogen) atoms. The molecular weight excluding hydrogens is 677 g/mol. The summed E-state index contributed by atoms with van der Waals surface area (Å²) in [5.41, 5.74) is 3.00. The number of H-pyrrole nitrogens is 1. The molecule has 1 N–H and O–H groups in total. The zero-order valence-electron chi connectivity index (χ0n) is 30.2. The zero-order valence-corrected chi connectivity index (χ0v) is 31.9. The highest BCUT2D eigenvalue weighted by molar-refractivity contribution is 7.92. The molecule has 0 unspecified atom stereocenters. The van der Waals surface area contributed by atoms with Gasteiger partial charge in [-0.05, 0) is 108 Å². The second kappa shape index (κ2) is 14.3. The van der Waals surface area contributed by atoms with Gasteiger partial charge in [0.2, 0.25) is 0 Å². The Kier molecular flexibility index (Phi) is 10.6. The second-order valence-corrected chi connectivity index (χ2v) is 19.4. The maximum absolute atomic E-state index is 13.5. The lowest BCUT2D eigenvalue weighted by molar-refractivity contribution is -0.0533. The van der Waals surface area contributed by atoms with E-state index in [9.17, 15) is 13.0 Å². The van der Waals surface area contributed by atoms with Crippen molar-refractivity contribution >= 4 is 39.4 Å². The number of morpholine rings is 1. The Balaban J connectivity index is 1.14. The van der Waals surface area contributed by atoms with Crippen LogP contribution in [0.25, 0.3) is 33.1 Å². The quantitative estimate of drug-likeness (QED) is 0.109. The number of rotatable bonds is 13. The molecule has 1 atom stereocenters. The lowest BCUT2D eigenvalue weighted by Crippen LogP contribution is -2.46. The standard InChI is InChI=1S/C37H50N3O8PS/c1-25-19-31-33-30(26-9-8-10-29(20-26)50(42,43)28-11-12-28)13-14-32(34(33)39-35(31)38-21-25)46-23-27-22-40(16-18-45-27)15-17-44-24-49(41,47-36(2,3)4)48-37(5,6)7/h8-10,13-14,19-21,27-28H,11-12,15-18,22-24H2,1-7H3,(H,38,39)/t27-/m0/s1. The third-order valence-electron chi connectivity index (χ3n) is 8.42. The first-order valence-corrected chi connectivity index (χ1v) is 20.6. The van der Waals surface area contributed by atoms with Crippen LogP contribution in [0.3, 0.4) is 0 Å². The summed E-state index contributed by atoms with van der Waals surface area (Å²) in [4.78, 5) is 10.7. The highest BCUT2D eigenvalue weighted by Gasteiger charge is 2.37. The SMILES string of the molecule is Cc1cnc2[nH]c3c(OC[C@@H]4CN(CCOCP(=O)(OC(C)(C)C)OC(C)(C)C)CCO4)ccc(-c4cccc(S(=O)(=O)C5CC5)c4)c3c2c1. The largest absolute Gasteiger partial charge is 0.489 e. The van der Waals surface area contributed by atoms with Crippen LogP contribution < -0.4 is 4.74 Å². The molecule has 272 valence electrons. The molecule has 3 heterocycles. The van der Waals surface area contributed by atoms with Gasteiger partial charge in [0.15, 0.2) is 9.84 Å². The molecule has 2 aliphatic rings. The fourth-order valence-corrected chi connectivity index (χ4v) is 10.1. The molecular formula is C37H50N3O8PS. The van der Waals surface area contributed by atoms with Gasteiger partial charge in [-0.1, -0.05) is 12.1 Å². The lowest BCUT2D eigenvalue weighted by atomic mass is 9.99. The molecule has 1 aliphatic heterocycles. The van der Waals surface area contributed by atoms with E-state index in [1.807, 2.05) is 78.9 Å². The Labute approximate surface area is 295 Å². The van der Waals surface area contributed by atoms with Crippen LogP contribution in [-0.4, -0.2) is 91.6 Å². The van der Waals surface area contributed by atoms with Crippen LogP contribution in [0.2, 0.25) is 0 Å². The number of aromatic nitrogens is 2. The molecule has 2 aromatic heterocycles. The Bertz CT molecular complexity index is 1980. The van der Waals surface area contributed by atoms with Gasteiger partial charge in [-0.3, -0.25) is 9.46 Å². The monoisotopic (exact) mass is 727 g/mol. The second-order valence-electron chi connectivity index (χ2n) is 15.3. The van der Waals surface area contributed by atoms with Gasteiger partial charge in [-0.2, -0.15) is 0 Å². The Morgan fingerprint density at radius 1 is 1.04 bits per heavy atom. The van der Waals surface area contributed by atoms with E-state index in [0.29, 0.717) is 43.6 Å². The van der Waals surface area contributed by atoms with Gasteiger partial charge in [-0.25, -0.2) is 13.4 Å². The van der Waals surface area contributed by atoms with E-state index in [2.05, 4.69) is 20.9 Å². The van der Waals surface area contributed by atoms with E-state index in [1.165, 1.54) is 0 Å². The summed E-state index contributed by atoms with van der Waals surface area (Å²) >= 11 is 0. The van der Waals surface area contributed by atoms with Crippen molar-refractivity contribution in [3.05, 3.63) is 54.2 Å². The summed E-state index contributed by atoms with van der Waals surface area (Å²) in [6, 6.07) is 13.2. The molecule has 1 saturated carbocycles. The van der Waals surface area contributed by atoms with Crippen LogP contribution in [-0.2, 0) is 32.9 Å². The predicted octanol–water partition coefficient (Wildman–Crippen LogP) is 7.50. The summed E-state index contributed by atoms with van der Waals surface area (Å²) in [7, 11) is -6.82. The Morgan fingerprint density at radius 2 is 1.78 bits per heavy atom. The number of nitrogens with zero attached hydrogens (tertiary/aromatic N) is 2. The minimum atomic E-state index is -3.48. The van der Waals surface area contributed by atoms with Crippen LogP contribution in [0, 0.1) is 6.92 Å². The van der Waals surface area contributed by atoms with Gasteiger partial charge in [-0.15, -0.1) is 0 Å². The summed E-state index contributed by atoms with van der Waals surface area (Å²) in [5.74, 6) is 0.665. The van der Waals surface area contributed by atoms with Crippen molar-refractivity contribution in [2.24, 2.45) is 0 Å². The third kappa shape index (κ3) is 8.96. The highest BCUT2D eigenvalue weighted by Crippen LogP contribution is 2.54. The Morgan fingerprint density at radius 3 is 2.48 bits per heavy atom. The molecule has 13 heteroatoms. The van der Waals surface area contributed by atoms with Gasteiger partial charge < -0.3 is 28.2 Å². The van der Waals surface area contributed by atoms with Crippen LogP contribution in [0.5, 0.6) is 5.75 Å². The summed E-state index contributed by atoms with van der Waals surface area (Å²) in [6.07, 6.45) is 2.96. The normalized spacial score (nSPS) is 18.3. The first kappa shape index (κ1) is 36.9. The molecule has 0 spiro atoms. The van der Waals surface area contributed by atoms with Crippen molar-refractivity contribution in [1.29, 1.82) is 0 Å². The van der Waals surface area contributed by atoms with Crippen molar-refractivity contribution in [3.63, 3.8) is 0 Å². The van der Waals surface area contributed by atoms with Gasteiger partial charge in [0.1, 0.15) is 30.5 Å². The topological polar surface area (TPSA) is 129 Å². The van der Waals surface area contributed by atoms with Crippen LogP contribution in [0.4, 0.5) is 0 Å². The van der Waals surface area contributed by atoms with Gasteiger partial charge >= 0.3 is 7.60 Å². The fourth-order valence-electron chi connectivity index (χ4n) is 6.28. The predicted molar refractivity (Wildman–Crippen MR) is 196 cm³/mol. The number of aromatic amines is 1. The first-order valence-electron chi connectivity index (χ1n) is 17.3. The Hall–Kier alpha value is -2.83. The van der Waals surface area contributed by atoms with Gasteiger partial charge in [0.05, 0.1) is 40.1 Å². The number of sulfone groups is 1. The maximum Gasteiger partial charge on any atom is 0.357 e. The molecule has 1 aliphatic carbocycles. The van der Waals surface area contributed by atoms with Crippen LogP contribution >= 0.6 is 7.60 Å². The number of hydrogen-bond donors (Lipinski definition) is 1. The van der Waals surface area contributed by atoms with E-state index in [1.54, 1.807) is 12.1 Å². The van der Waals surface area contributed by atoms with Gasteiger partial charge in [0.25, 0.3) is 0 Å². The molecule has 0 bridgehead atoms. The summed E-state index contributed by atoms with van der Waals surface area (Å²) in [6.45, 7) is 16.4. The average Bonchev–Trinajstić information content (AvgIpc) is 3.83. The average molecular weight is 728 g/mol. The first-order chi connectivity index (χ1) is 23.5. The summed E-state index contributed by atoms with van der Waals surface area (Å²) < 4.78 is 69.7. The fraction of sp³-hybridized carbons (Fsp3) is 0.541. The number of ether oxygens (including phenoxy) is 3. The lowest BCUT2D eigenvalue weighted by Gasteiger charge is -2.33. The van der Waals surface area contributed by atoms with E-state index in [-0.39, 0.29) is 17.7 Å². The van der Waals surface area contributed by atoms with E-state index >= 15 is 0 Å². The van der Waals surface area contributed by atoms with E-state index < -0.39 is 28.6 Å². The molecule has 2 fully saturated rings. The third-order valence-corrected chi connectivity index (χ3v) is 12.8. The van der Waals surface area contributed by atoms with Gasteiger partial charge in [0, 0.05) is 36.6 Å². The molecule has 0 amide bonds. The van der Waals surface area contributed by atoms with E-state index in [0.717, 1.165) is 58.0 Å². The molecule has 0 radical (unpaired) electrons. The number of nitrogens with one attached hydrogen (secondary N) is 1. The van der Waals surface area contributed by atoms with Crippen molar-refractivity contribution in [3.8, 4) is 16.9 Å². The zero-order chi connectivity index (χ0) is 35.9. The van der Waals surface area contributed by atoms with E-state index in [4.69, 9.17) is 23.3 Å². The van der Waals surface area contributed by atoms with Crippen LogP contribution in [0.1, 0.15) is 59.9 Å². The number of hydrogen-bond acceptors (Lipinski definition) is 10. The number of pyridine rings is 1. The van der Waals surface area contributed by atoms with Crippen molar-refractivity contribution in [1.82, 2.24) is 14.9 Å². The molecule has 1 saturated heterocycles. The minimum Gasteiger partial charge on any atom is -0.489 e. The molecule has 4 aromatic rings.